The van der Waals surface area contributed by atoms with Crippen molar-refractivity contribution in [3.05, 3.63) is 76.9 Å². The normalized spacial score (nSPS) is 13.7. The summed E-state index contributed by atoms with van der Waals surface area (Å²) in [6.07, 6.45) is 4.89. The van der Waals surface area contributed by atoms with Gasteiger partial charge in [-0.05, 0) is 88.6 Å². The number of pyridine rings is 1. The number of aromatic nitrogens is 3. The van der Waals surface area contributed by atoms with Gasteiger partial charge >= 0.3 is 0 Å². The SMILES string of the molecule is CCc1nc2c(cnn2CC)c(NC2CCOCC2)c1CN(Cc1ccc(F)c(-c2cccc(CN(C)CCN(C)C)c2)c1)C(=O)CCCC(N)=O. The summed E-state index contributed by atoms with van der Waals surface area (Å²) in [7, 11) is 6.20. The maximum Gasteiger partial charge on any atom is 0.223 e. The van der Waals surface area contributed by atoms with Crippen LogP contribution in [0.5, 0.6) is 0 Å². The van der Waals surface area contributed by atoms with E-state index < -0.39 is 5.91 Å². The van der Waals surface area contributed by atoms with Crippen molar-refractivity contribution >= 4 is 28.5 Å². The van der Waals surface area contributed by atoms with E-state index in [1.807, 2.05) is 42.1 Å². The average molecular weight is 715 g/mol. The fraction of sp³-hybridized carbons (Fsp3) is 0.500. The summed E-state index contributed by atoms with van der Waals surface area (Å²) < 4.78 is 23.1. The molecule has 1 saturated heterocycles. The minimum Gasteiger partial charge on any atom is -0.381 e. The van der Waals surface area contributed by atoms with Gasteiger partial charge in [0.25, 0.3) is 0 Å². The number of likely N-dealkylation sites (N-methyl/N-ethyl adjacent to an activating group) is 2. The molecule has 11 nitrogen and oxygen atoms in total. The number of hydrogen-bond donors (Lipinski definition) is 2. The number of fused-ring (bicyclic) bond motifs is 1. The smallest absolute Gasteiger partial charge is 0.223 e. The second kappa shape index (κ2) is 18.4. The van der Waals surface area contributed by atoms with E-state index in [1.54, 1.807) is 11.0 Å². The average Bonchev–Trinajstić information content (AvgIpc) is 3.55. The van der Waals surface area contributed by atoms with Gasteiger partial charge < -0.3 is 30.5 Å². The molecule has 0 saturated carbocycles. The molecule has 3 heterocycles. The van der Waals surface area contributed by atoms with Crippen LogP contribution in [0, 0.1) is 5.82 Å². The minimum atomic E-state index is -0.438. The van der Waals surface area contributed by atoms with Crippen molar-refractivity contribution in [2.24, 2.45) is 5.73 Å². The maximum atomic E-state index is 15.5. The molecule has 0 aliphatic carbocycles. The predicted octanol–water partition coefficient (Wildman–Crippen LogP) is 5.59. The summed E-state index contributed by atoms with van der Waals surface area (Å²) >= 11 is 0. The molecule has 4 aromatic rings. The molecule has 1 aliphatic rings. The molecule has 0 spiro atoms. The molecule has 5 rings (SSSR count). The van der Waals surface area contributed by atoms with E-state index in [0.717, 1.165) is 77.1 Å². The van der Waals surface area contributed by atoms with Gasteiger partial charge in [-0.25, -0.2) is 14.1 Å². The van der Waals surface area contributed by atoms with E-state index in [-0.39, 0.29) is 43.7 Å². The van der Waals surface area contributed by atoms with Gasteiger partial charge in [0.1, 0.15) is 5.82 Å². The number of nitrogens with zero attached hydrogens (tertiary/aromatic N) is 6. The first-order valence-corrected chi connectivity index (χ1v) is 18.5. The van der Waals surface area contributed by atoms with Crippen molar-refractivity contribution in [2.45, 2.75) is 84.6 Å². The molecule has 1 fully saturated rings. The molecule has 52 heavy (non-hydrogen) atoms. The number of primary amides is 1. The van der Waals surface area contributed by atoms with E-state index in [0.29, 0.717) is 38.2 Å². The highest BCUT2D eigenvalue weighted by molar-refractivity contribution is 5.92. The Morgan fingerprint density at radius 1 is 1.00 bits per heavy atom. The topological polar surface area (TPSA) is 122 Å². The monoisotopic (exact) mass is 714 g/mol. The summed E-state index contributed by atoms with van der Waals surface area (Å²) in [5.74, 6) is -0.870. The lowest BCUT2D eigenvalue weighted by Crippen LogP contribution is -2.32. The Bertz CT molecular complexity index is 1820. The van der Waals surface area contributed by atoms with Crippen LogP contribution in [0.2, 0.25) is 0 Å². The number of anilines is 1. The summed E-state index contributed by atoms with van der Waals surface area (Å²) in [5.41, 5.74) is 12.2. The van der Waals surface area contributed by atoms with E-state index >= 15 is 4.39 Å². The van der Waals surface area contributed by atoms with Crippen LogP contribution < -0.4 is 11.1 Å². The van der Waals surface area contributed by atoms with Gasteiger partial charge in [0, 0.05) is 88.2 Å². The summed E-state index contributed by atoms with van der Waals surface area (Å²) in [5, 5.41) is 9.36. The number of nitrogens with one attached hydrogen (secondary N) is 1. The predicted molar refractivity (Wildman–Crippen MR) is 204 cm³/mol. The quantitative estimate of drug-likeness (QED) is 0.137. The third-order valence-electron chi connectivity index (χ3n) is 9.72. The summed E-state index contributed by atoms with van der Waals surface area (Å²) in [6, 6.07) is 13.3. The lowest BCUT2D eigenvalue weighted by atomic mass is 9.99. The molecule has 0 radical (unpaired) electrons. The van der Waals surface area contributed by atoms with Crippen molar-refractivity contribution < 1.29 is 18.7 Å². The molecule has 0 atom stereocenters. The Balaban J connectivity index is 1.49. The van der Waals surface area contributed by atoms with Crippen LogP contribution in [-0.4, -0.2) is 94.8 Å². The number of carbonyl (C=O) groups excluding carboxylic acids is 2. The standard InChI is InChI=1S/C40H55FN8O3/c1-6-36-34(39(44-31-16-20-52-21-17-31)33-24-43-49(7-2)40(33)45-36)27-48(38(51)13-9-12-37(42)50)26-29-14-15-35(41)32(23-29)30-11-8-10-28(22-30)25-47(5)19-18-46(3)4/h8,10-11,14-15,22-24,31H,6-7,9,12-13,16-21,25-27H2,1-5H3,(H2,42,50)(H,44,45). The fourth-order valence-electron chi connectivity index (χ4n) is 6.79. The molecule has 2 amide bonds. The zero-order chi connectivity index (χ0) is 37.2. The first-order valence-electron chi connectivity index (χ1n) is 18.5. The molecule has 0 bridgehead atoms. The molecule has 3 N–H and O–H groups in total. The summed E-state index contributed by atoms with van der Waals surface area (Å²) in [4.78, 5) is 36.9. The molecular formula is C40H55FN8O3. The molecule has 280 valence electrons. The maximum absolute atomic E-state index is 15.5. The number of rotatable bonds is 18. The molecule has 2 aromatic carbocycles. The molecule has 0 unspecified atom stereocenters. The number of amides is 2. The fourth-order valence-corrected chi connectivity index (χ4v) is 6.79. The van der Waals surface area contributed by atoms with Gasteiger partial charge in [-0.2, -0.15) is 5.10 Å². The highest BCUT2D eigenvalue weighted by Crippen LogP contribution is 2.33. The second-order valence-corrected chi connectivity index (χ2v) is 14.1. The van der Waals surface area contributed by atoms with Gasteiger partial charge in [-0.15, -0.1) is 0 Å². The Morgan fingerprint density at radius 3 is 2.48 bits per heavy atom. The zero-order valence-corrected chi connectivity index (χ0v) is 31.5. The minimum absolute atomic E-state index is 0.113. The molecular weight excluding hydrogens is 659 g/mol. The first-order chi connectivity index (χ1) is 25.1. The highest BCUT2D eigenvalue weighted by Gasteiger charge is 2.25. The van der Waals surface area contributed by atoms with Crippen LogP contribution in [0.15, 0.2) is 48.7 Å². The van der Waals surface area contributed by atoms with Crippen LogP contribution >= 0.6 is 0 Å². The number of hydrogen-bond acceptors (Lipinski definition) is 8. The van der Waals surface area contributed by atoms with Crippen LogP contribution in [-0.2, 0) is 46.9 Å². The number of aryl methyl sites for hydroxylation is 2. The Labute approximate surface area is 307 Å². The molecule has 1 aliphatic heterocycles. The lowest BCUT2D eigenvalue weighted by molar-refractivity contribution is -0.132. The van der Waals surface area contributed by atoms with Gasteiger partial charge in [0.2, 0.25) is 11.8 Å². The van der Waals surface area contributed by atoms with Gasteiger partial charge in [-0.1, -0.05) is 31.2 Å². The largest absolute Gasteiger partial charge is 0.381 e. The van der Waals surface area contributed by atoms with Crippen LogP contribution in [0.4, 0.5) is 10.1 Å². The lowest BCUT2D eigenvalue weighted by Gasteiger charge is -2.29. The van der Waals surface area contributed by atoms with Crippen molar-refractivity contribution in [1.82, 2.24) is 29.5 Å². The van der Waals surface area contributed by atoms with E-state index in [2.05, 4.69) is 54.3 Å². The molecule has 12 heteroatoms. The number of benzene rings is 2. The first kappa shape index (κ1) is 38.8. The van der Waals surface area contributed by atoms with E-state index in [1.165, 1.54) is 6.07 Å². The number of nitrogens with two attached hydrogens (primary N) is 1. The number of carbonyl (C=O) groups is 2. The Kier molecular flexibility index (Phi) is 13.7. The second-order valence-electron chi connectivity index (χ2n) is 14.1. The van der Waals surface area contributed by atoms with Crippen molar-refractivity contribution in [3.8, 4) is 11.1 Å². The third kappa shape index (κ3) is 10.1. The van der Waals surface area contributed by atoms with Crippen molar-refractivity contribution in [3.63, 3.8) is 0 Å². The van der Waals surface area contributed by atoms with Crippen molar-refractivity contribution in [1.29, 1.82) is 0 Å². The Hall–Kier alpha value is -4.39. The zero-order valence-electron chi connectivity index (χ0n) is 31.5. The van der Waals surface area contributed by atoms with Gasteiger partial charge in [-0.3, -0.25) is 9.59 Å². The Morgan fingerprint density at radius 2 is 1.77 bits per heavy atom. The van der Waals surface area contributed by atoms with Gasteiger partial charge in [0.15, 0.2) is 5.65 Å². The third-order valence-corrected chi connectivity index (χ3v) is 9.72. The number of halogens is 1. The molecule has 2 aromatic heterocycles. The van der Waals surface area contributed by atoms with Crippen LogP contribution in [0.1, 0.15) is 68.3 Å². The van der Waals surface area contributed by atoms with Crippen molar-refractivity contribution in [2.75, 3.05) is 52.8 Å². The van der Waals surface area contributed by atoms with E-state index in [9.17, 15) is 9.59 Å². The number of ether oxygens (including phenoxy) is 1. The van der Waals surface area contributed by atoms with Crippen LogP contribution in [0.3, 0.4) is 0 Å². The highest BCUT2D eigenvalue weighted by atomic mass is 19.1. The van der Waals surface area contributed by atoms with Gasteiger partial charge in [0.05, 0.1) is 17.3 Å². The van der Waals surface area contributed by atoms with Crippen LogP contribution in [0.25, 0.3) is 22.2 Å². The summed E-state index contributed by atoms with van der Waals surface area (Å²) in [6.45, 7) is 9.31. The van der Waals surface area contributed by atoms with E-state index in [4.69, 9.17) is 15.5 Å².